The van der Waals surface area contributed by atoms with Gasteiger partial charge in [0.25, 0.3) is 5.91 Å². The highest BCUT2D eigenvalue weighted by Crippen LogP contribution is 2.35. The van der Waals surface area contributed by atoms with E-state index in [2.05, 4.69) is 22.5 Å². The molecule has 2 aliphatic rings. The number of piperidine rings is 1. The fraction of sp³-hybridized carbons (Fsp3) is 0.588. The summed E-state index contributed by atoms with van der Waals surface area (Å²) in [5.74, 6) is 0.0123. The van der Waals surface area contributed by atoms with Crippen LogP contribution < -0.4 is 16.4 Å². The molecule has 1 aromatic carbocycles. The van der Waals surface area contributed by atoms with Gasteiger partial charge >= 0.3 is 0 Å². The molecule has 0 saturated carbocycles. The Hall–Kier alpha value is -0.500. The molecule has 2 unspecified atom stereocenters. The number of nitrogens with zero attached hydrogens (tertiary/aromatic N) is 1. The molecule has 0 radical (unpaired) electrons. The van der Waals surface area contributed by atoms with Crippen LogP contribution in [0.2, 0.25) is 10.0 Å². The third kappa shape index (κ3) is 4.43. The standard InChI is InChI=1S/C17H24Cl2N4OS/c1-17(10-20)5-7-23(8-6-17)15-16(24)22-13(9-21-15)25-12-4-2-3-11(18)14(12)19/h2-4,13,15,21H,5-10,20H2,1H3,(H,22,24). The van der Waals surface area contributed by atoms with Gasteiger partial charge in [-0.05, 0) is 36.9 Å². The highest BCUT2D eigenvalue weighted by Gasteiger charge is 2.37. The largest absolute Gasteiger partial charge is 0.340 e. The smallest absolute Gasteiger partial charge is 0.253 e. The van der Waals surface area contributed by atoms with Gasteiger partial charge < -0.3 is 11.1 Å². The molecule has 2 atom stereocenters. The Bertz CT molecular complexity index is 637. The number of amides is 1. The Morgan fingerprint density at radius 3 is 2.72 bits per heavy atom. The molecule has 1 aromatic rings. The summed E-state index contributed by atoms with van der Waals surface area (Å²) in [4.78, 5) is 15.6. The van der Waals surface area contributed by atoms with Crippen molar-refractivity contribution >= 4 is 40.9 Å². The van der Waals surface area contributed by atoms with Crippen molar-refractivity contribution in [1.29, 1.82) is 0 Å². The number of nitrogens with one attached hydrogen (secondary N) is 2. The molecule has 4 N–H and O–H groups in total. The van der Waals surface area contributed by atoms with Crippen LogP contribution in [0.4, 0.5) is 0 Å². The first-order chi connectivity index (χ1) is 11.9. The number of benzene rings is 1. The summed E-state index contributed by atoms with van der Waals surface area (Å²) < 4.78 is 0. The van der Waals surface area contributed by atoms with Gasteiger partial charge in [0.1, 0.15) is 6.17 Å². The molecule has 2 fully saturated rings. The van der Waals surface area contributed by atoms with Crippen LogP contribution >= 0.6 is 35.0 Å². The first-order valence-corrected chi connectivity index (χ1v) is 10.1. The van der Waals surface area contributed by atoms with E-state index < -0.39 is 0 Å². The van der Waals surface area contributed by atoms with Gasteiger partial charge in [-0.2, -0.15) is 0 Å². The number of hydrogen-bond donors (Lipinski definition) is 3. The third-order valence-electron chi connectivity index (χ3n) is 5.10. The van der Waals surface area contributed by atoms with Gasteiger partial charge in [-0.1, -0.05) is 48.0 Å². The molecule has 25 heavy (non-hydrogen) atoms. The monoisotopic (exact) mass is 402 g/mol. The zero-order valence-corrected chi connectivity index (χ0v) is 16.6. The van der Waals surface area contributed by atoms with Crippen molar-refractivity contribution in [1.82, 2.24) is 15.5 Å². The maximum atomic E-state index is 12.6. The summed E-state index contributed by atoms with van der Waals surface area (Å²) in [6, 6.07) is 5.53. The third-order valence-corrected chi connectivity index (χ3v) is 7.19. The second kappa shape index (κ2) is 8.03. The van der Waals surface area contributed by atoms with Gasteiger partial charge in [0, 0.05) is 24.5 Å². The van der Waals surface area contributed by atoms with Crippen molar-refractivity contribution in [2.45, 2.75) is 36.2 Å². The summed E-state index contributed by atoms with van der Waals surface area (Å²) in [6.07, 6.45) is 1.77. The molecule has 0 aromatic heterocycles. The number of halogens is 2. The van der Waals surface area contributed by atoms with Crippen LogP contribution in [0.3, 0.4) is 0 Å². The molecule has 0 bridgehead atoms. The number of nitrogens with two attached hydrogens (primary N) is 1. The Morgan fingerprint density at radius 2 is 2.08 bits per heavy atom. The number of piperazine rings is 1. The van der Waals surface area contributed by atoms with Crippen LogP contribution in [0.15, 0.2) is 23.1 Å². The van der Waals surface area contributed by atoms with E-state index in [1.807, 2.05) is 12.1 Å². The van der Waals surface area contributed by atoms with E-state index in [0.717, 1.165) is 30.8 Å². The van der Waals surface area contributed by atoms with Gasteiger partial charge in [-0.3, -0.25) is 15.0 Å². The summed E-state index contributed by atoms with van der Waals surface area (Å²) in [6.45, 7) is 5.37. The number of carbonyl (C=O) groups is 1. The van der Waals surface area contributed by atoms with E-state index in [4.69, 9.17) is 28.9 Å². The van der Waals surface area contributed by atoms with Crippen LogP contribution in [0.5, 0.6) is 0 Å². The molecule has 2 heterocycles. The predicted molar refractivity (Wildman–Crippen MR) is 104 cm³/mol. The van der Waals surface area contributed by atoms with Gasteiger partial charge in [-0.15, -0.1) is 0 Å². The number of thioether (sulfide) groups is 1. The van der Waals surface area contributed by atoms with Crippen LogP contribution in [0.25, 0.3) is 0 Å². The minimum Gasteiger partial charge on any atom is -0.340 e. The first kappa shape index (κ1) is 19.3. The first-order valence-electron chi connectivity index (χ1n) is 8.50. The zero-order chi connectivity index (χ0) is 18.0. The summed E-state index contributed by atoms with van der Waals surface area (Å²) in [5.41, 5.74) is 6.06. The molecule has 138 valence electrons. The highest BCUT2D eigenvalue weighted by molar-refractivity contribution is 8.00. The molecule has 0 aliphatic carbocycles. The fourth-order valence-electron chi connectivity index (χ4n) is 3.22. The average molecular weight is 403 g/mol. The number of hydrogen-bond acceptors (Lipinski definition) is 5. The molecule has 1 amide bonds. The van der Waals surface area contributed by atoms with E-state index in [9.17, 15) is 4.79 Å². The summed E-state index contributed by atoms with van der Waals surface area (Å²) in [7, 11) is 0. The molecular weight excluding hydrogens is 379 g/mol. The van der Waals surface area contributed by atoms with Crippen LogP contribution in [-0.2, 0) is 4.79 Å². The average Bonchev–Trinajstić information content (AvgIpc) is 2.60. The van der Waals surface area contributed by atoms with E-state index in [1.54, 1.807) is 6.07 Å². The molecule has 0 spiro atoms. The summed E-state index contributed by atoms with van der Waals surface area (Å²) >= 11 is 13.8. The SMILES string of the molecule is CC1(CN)CCN(C2NCC(Sc3cccc(Cl)c3Cl)NC2=O)CC1. The van der Waals surface area contributed by atoms with Gasteiger partial charge in [0.05, 0.1) is 15.4 Å². The van der Waals surface area contributed by atoms with Crippen molar-refractivity contribution < 1.29 is 4.79 Å². The van der Waals surface area contributed by atoms with E-state index in [-0.39, 0.29) is 22.9 Å². The lowest BCUT2D eigenvalue weighted by atomic mass is 9.80. The van der Waals surface area contributed by atoms with E-state index in [1.165, 1.54) is 11.8 Å². The van der Waals surface area contributed by atoms with Crippen molar-refractivity contribution in [3.8, 4) is 0 Å². The van der Waals surface area contributed by atoms with E-state index in [0.29, 0.717) is 23.1 Å². The van der Waals surface area contributed by atoms with Crippen molar-refractivity contribution in [3.05, 3.63) is 28.2 Å². The molecule has 8 heteroatoms. The molecule has 2 aliphatic heterocycles. The topological polar surface area (TPSA) is 70.4 Å². The predicted octanol–water partition coefficient (Wildman–Crippen LogP) is 2.52. The lowest BCUT2D eigenvalue weighted by molar-refractivity contribution is -0.130. The number of likely N-dealkylation sites (tertiary alicyclic amines) is 1. The molecular formula is C17H24Cl2N4OS. The molecule has 3 rings (SSSR count). The number of carbonyl (C=O) groups excluding carboxylic acids is 1. The van der Waals surface area contributed by atoms with Gasteiger partial charge in [-0.25, -0.2) is 0 Å². The summed E-state index contributed by atoms with van der Waals surface area (Å²) in [5, 5.41) is 7.44. The second-order valence-corrected chi connectivity index (χ2v) is 9.06. The Morgan fingerprint density at radius 1 is 1.36 bits per heavy atom. The maximum Gasteiger partial charge on any atom is 0.253 e. The fourth-order valence-corrected chi connectivity index (χ4v) is 4.74. The molecule has 2 saturated heterocycles. The maximum absolute atomic E-state index is 12.6. The molecule has 5 nitrogen and oxygen atoms in total. The van der Waals surface area contributed by atoms with Crippen LogP contribution in [-0.4, -0.2) is 48.5 Å². The quantitative estimate of drug-likeness (QED) is 0.721. The van der Waals surface area contributed by atoms with Crippen LogP contribution in [0, 0.1) is 5.41 Å². The Balaban J connectivity index is 1.56. The minimum absolute atomic E-state index is 0.0123. The lowest BCUT2D eigenvalue weighted by Crippen LogP contribution is -2.65. The van der Waals surface area contributed by atoms with E-state index >= 15 is 0 Å². The number of rotatable bonds is 4. The van der Waals surface area contributed by atoms with Crippen molar-refractivity contribution in [2.24, 2.45) is 11.1 Å². The van der Waals surface area contributed by atoms with Gasteiger partial charge in [0.15, 0.2) is 0 Å². The normalized spacial score (nSPS) is 27.1. The second-order valence-electron chi connectivity index (χ2n) is 7.03. The van der Waals surface area contributed by atoms with Crippen LogP contribution in [0.1, 0.15) is 19.8 Å². The Kier molecular flexibility index (Phi) is 6.19. The lowest BCUT2D eigenvalue weighted by Gasteiger charge is -2.43. The Labute approximate surface area is 163 Å². The minimum atomic E-state index is -0.269. The highest BCUT2D eigenvalue weighted by atomic mass is 35.5. The van der Waals surface area contributed by atoms with Crippen molar-refractivity contribution in [3.63, 3.8) is 0 Å². The van der Waals surface area contributed by atoms with Gasteiger partial charge in [0.2, 0.25) is 0 Å². The van der Waals surface area contributed by atoms with Crippen molar-refractivity contribution in [2.75, 3.05) is 26.2 Å². The zero-order valence-electron chi connectivity index (χ0n) is 14.2.